The van der Waals surface area contributed by atoms with Crippen LogP contribution < -0.4 is 18.9 Å². The molecule has 0 radical (unpaired) electrons. The van der Waals surface area contributed by atoms with E-state index in [1.165, 1.54) is 36.4 Å². The molecule has 0 N–H and O–H groups in total. The summed E-state index contributed by atoms with van der Waals surface area (Å²) >= 11 is 0. The van der Waals surface area contributed by atoms with Gasteiger partial charge in [0.2, 0.25) is 0 Å². The Morgan fingerprint density at radius 2 is 0.769 bits per heavy atom. The van der Waals surface area contributed by atoms with Crippen LogP contribution in [0.25, 0.3) is 10.8 Å². The van der Waals surface area contributed by atoms with E-state index >= 15 is 0 Å². The van der Waals surface area contributed by atoms with Gasteiger partial charge >= 0.3 is 23.9 Å². The third-order valence-electron chi connectivity index (χ3n) is 8.14. The molecule has 0 aliphatic heterocycles. The van der Waals surface area contributed by atoms with E-state index in [1.54, 1.807) is 60.7 Å². The van der Waals surface area contributed by atoms with Gasteiger partial charge in [0.25, 0.3) is 0 Å². The number of carbonyl (C=O) groups is 4. The Bertz CT molecular complexity index is 2160. The van der Waals surface area contributed by atoms with E-state index in [0.29, 0.717) is 21.9 Å². The van der Waals surface area contributed by atoms with Crippen molar-refractivity contribution < 1.29 is 46.9 Å². The van der Waals surface area contributed by atoms with Crippen LogP contribution in [-0.4, -0.2) is 23.9 Å². The second-order valence-electron chi connectivity index (χ2n) is 11.6. The molecular weight excluding hydrogens is 670 g/mol. The van der Waals surface area contributed by atoms with Gasteiger partial charge < -0.3 is 18.9 Å². The molecule has 0 fully saturated rings. The minimum absolute atomic E-state index is 0.0731. The van der Waals surface area contributed by atoms with Gasteiger partial charge in [-0.1, -0.05) is 50.2 Å². The first-order chi connectivity index (χ1) is 25.1. The third kappa shape index (κ3) is 8.19. The Kier molecular flexibility index (Phi) is 10.5. The first kappa shape index (κ1) is 35.2. The molecule has 6 aromatic rings. The summed E-state index contributed by atoms with van der Waals surface area (Å²) in [5.41, 5.74) is 1.92. The van der Waals surface area contributed by atoms with Crippen LogP contribution in [0.5, 0.6) is 23.0 Å². The first-order valence-electron chi connectivity index (χ1n) is 16.3. The van der Waals surface area contributed by atoms with Crippen LogP contribution in [0, 0.1) is 11.6 Å². The summed E-state index contributed by atoms with van der Waals surface area (Å²) in [7, 11) is 0. The second-order valence-corrected chi connectivity index (χ2v) is 11.6. The lowest BCUT2D eigenvalue weighted by atomic mass is 10.1. The third-order valence-corrected chi connectivity index (χ3v) is 8.14. The van der Waals surface area contributed by atoms with E-state index in [-0.39, 0.29) is 34.1 Å². The average molecular weight is 701 g/mol. The van der Waals surface area contributed by atoms with Crippen molar-refractivity contribution in [3.8, 4) is 23.0 Å². The van der Waals surface area contributed by atoms with E-state index in [4.69, 9.17) is 18.9 Å². The number of ether oxygens (including phenoxy) is 4. The number of hydrogen-bond donors (Lipinski definition) is 0. The Balaban J connectivity index is 1.09. The highest BCUT2D eigenvalue weighted by Gasteiger charge is 2.19. The largest absolute Gasteiger partial charge is 0.423 e. The standard InChI is InChI=1S/C42H30F2O8/c1-3-25-5-9-28(10-6-25)39(45)49-33-17-19-35(37(43)23-33)41(47)51-31-15-13-27-14-16-32(22-30(27)21-31)52-42(48)36-20-18-34(24-38(36)44)50-40(46)29-11-7-26(4-2)8-12-29/h5-24H,3-4H2,1-2H3. The summed E-state index contributed by atoms with van der Waals surface area (Å²) < 4.78 is 51.2. The summed E-state index contributed by atoms with van der Waals surface area (Å²) in [5, 5.41) is 1.20. The molecule has 6 aromatic carbocycles. The number of esters is 4. The molecule has 6 rings (SSSR count). The molecule has 8 nitrogen and oxygen atoms in total. The lowest BCUT2D eigenvalue weighted by molar-refractivity contribution is 0.0715. The molecule has 0 amide bonds. The Labute approximate surface area is 297 Å². The molecule has 0 bridgehead atoms. The van der Waals surface area contributed by atoms with E-state index in [1.807, 2.05) is 13.8 Å². The molecule has 0 saturated heterocycles. The van der Waals surface area contributed by atoms with E-state index < -0.39 is 35.5 Å². The quantitative estimate of drug-likeness (QED) is 0.103. The summed E-state index contributed by atoms with van der Waals surface area (Å²) in [6.07, 6.45) is 1.62. The number of benzene rings is 6. The minimum Gasteiger partial charge on any atom is -0.423 e. The predicted octanol–water partition coefficient (Wildman–Crippen LogP) is 9.12. The van der Waals surface area contributed by atoms with Gasteiger partial charge in [-0.25, -0.2) is 28.0 Å². The predicted molar refractivity (Wildman–Crippen MR) is 188 cm³/mol. The zero-order valence-corrected chi connectivity index (χ0v) is 28.0. The van der Waals surface area contributed by atoms with Crippen LogP contribution in [0.2, 0.25) is 0 Å². The molecule has 0 saturated carbocycles. The van der Waals surface area contributed by atoms with Gasteiger partial charge in [0.05, 0.1) is 22.3 Å². The van der Waals surface area contributed by atoms with Gasteiger partial charge in [0.15, 0.2) is 0 Å². The average Bonchev–Trinajstić information content (AvgIpc) is 3.14. The molecule has 52 heavy (non-hydrogen) atoms. The molecule has 0 atom stereocenters. The smallest absolute Gasteiger partial charge is 0.346 e. The topological polar surface area (TPSA) is 105 Å². The molecule has 0 aromatic heterocycles. The van der Waals surface area contributed by atoms with Gasteiger partial charge in [0, 0.05) is 12.1 Å². The molecule has 0 heterocycles. The van der Waals surface area contributed by atoms with Crippen LogP contribution in [0.3, 0.4) is 0 Å². The maximum Gasteiger partial charge on any atom is 0.346 e. The number of hydrogen-bond acceptors (Lipinski definition) is 8. The summed E-state index contributed by atoms with van der Waals surface area (Å²) in [6.45, 7) is 3.98. The Hall–Kier alpha value is -6.68. The zero-order valence-electron chi connectivity index (χ0n) is 28.0. The van der Waals surface area contributed by atoms with Gasteiger partial charge in [0.1, 0.15) is 34.6 Å². The number of fused-ring (bicyclic) bond motifs is 1. The van der Waals surface area contributed by atoms with Crippen molar-refractivity contribution >= 4 is 34.6 Å². The highest BCUT2D eigenvalue weighted by molar-refractivity contribution is 5.95. The lowest BCUT2D eigenvalue weighted by Gasteiger charge is -2.10. The van der Waals surface area contributed by atoms with Crippen molar-refractivity contribution in [2.45, 2.75) is 26.7 Å². The fraction of sp³-hybridized carbons (Fsp3) is 0.0952. The lowest BCUT2D eigenvalue weighted by Crippen LogP contribution is -2.12. The van der Waals surface area contributed by atoms with Crippen LogP contribution in [0.15, 0.2) is 121 Å². The first-order valence-corrected chi connectivity index (χ1v) is 16.3. The molecule has 10 heteroatoms. The van der Waals surface area contributed by atoms with Crippen molar-refractivity contribution in [3.63, 3.8) is 0 Å². The zero-order chi connectivity index (χ0) is 36.8. The number of halogens is 2. The fourth-order valence-corrected chi connectivity index (χ4v) is 5.19. The summed E-state index contributed by atoms with van der Waals surface area (Å²) in [5.74, 6) is -5.26. The van der Waals surface area contributed by atoms with Gasteiger partial charge in [-0.05, 0) is 108 Å². The maximum absolute atomic E-state index is 14.9. The number of carbonyl (C=O) groups excluding carboxylic acids is 4. The molecular formula is C42H30F2O8. The van der Waals surface area contributed by atoms with Crippen LogP contribution in [-0.2, 0) is 12.8 Å². The Morgan fingerprint density at radius 3 is 1.13 bits per heavy atom. The molecule has 0 spiro atoms. The summed E-state index contributed by atoms with van der Waals surface area (Å²) in [6, 6.07) is 29.7. The second kappa shape index (κ2) is 15.5. The normalized spacial score (nSPS) is 10.8. The SMILES string of the molecule is CCc1ccc(C(=O)Oc2ccc(C(=O)Oc3ccc4ccc(OC(=O)c5ccc(OC(=O)c6ccc(CC)cc6)cc5F)cc4c3)c(F)c2)cc1. The van der Waals surface area contributed by atoms with Gasteiger partial charge in [-0.15, -0.1) is 0 Å². The van der Waals surface area contributed by atoms with Crippen molar-refractivity contribution in [2.75, 3.05) is 0 Å². The molecule has 260 valence electrons. The Morgan fingerprint density at radius 1 is 0.423 bits per heavy atom. The minimum atomic E-state index is -0.994. The fourth-order valence-electron chi connectivity index (χ4n) is 5.19. The number of aryl methyl sites for hydroxylation is 2. The van der Waals surface area contributed by atoms with Crippen molar-refractivity contribution in [1.82, 2.24) is 0 Å². The van der Waals surface area contributed by atoms with E-state index in [9.17, 15) is 28.0 Å². The summed E-state index contributed by atoms with van der Waals surface area (Å²) in [4.78, 5) is 50.7. The van der Waals surface area contributed by atoms with E-state index in [0.717, 1.165) is 48.2 Å². The van der Waals surface area contributed by atoms with E-state index in [2.05, 4.69) is 0 Å². The maximum atomic E-state index is 14.9. The van der Waals surface area contributed by atoms with Crippen molar-refractivity contribution in [2.24, 2.45) is 0 Å². The highest BCUT2D eigenvalue weighted by atomic mass is 19.1. The highest BCUT2D eigenvalue weighted by Crippen LogP contribution is 2.28. The van der Waals surface area contributed by atoms with Gasteiger partial charge in [-0.3, -0.25) is 0 Å². The van der Waals surface area contributed by atoms with Crippen LogP contribution >= 0.6 is 0 Å². The van der Waals surface area contributed by atoms with Crippen molar-refractivity contribution in [3.05, 3.63) is 166 Å². The van der Waals surface area contributed by atoms with Crippen LogP contribution in [0.4, 0.5) is 8.78 Å². The molecule has 0 unspecified atom stereocenters. The van der Waals surface area contributed by atoms with Crippen molar-refractivity contribution in [1.29, 1.82) is 0 Å². The van der Waals surface area contributed by atoms with Gasteiger partial charge in [-0.2, -0.15) is 0 Å². The monoisotopic (exact) mass is 700 g/mol. The molecule has 0 aliphatic carbocycles. The number of rotatable bonds is 10. The van der Waals surface area contributed by atoms with Crippen LogP contribution in [0.1, 0.15) is 66.4 Å². The molecule has 0 aliphatic rings.